The highest BCUT2D eigenvalue weighted by Gasteiger charge is 2.48. The molecule has 22 nitrogen and oxygen atoms in total. The maximum Gasteiger partial charge on any atom is 0.335 e. The first kappa shape index (κ1) is 65.2. The van der Waals surface area contributed by atoms with Gasteiger partial charge in [0.1, 0.15) is 29.8 Å². The van der Waals surface area contributed by atoms with Crippen LogP contribution in [0.5, 0.6) is 11.5 Å². The van der Waals surface area contributed by atoms with Gasteiger partial charge in [0.25, 0.3) is 0 Å². The summed E-state index contributed by atoms with van der Waals surface area (Å²) in [5.74, 6) is -17.3. The number of aliphatic hydroxyl groups excluding tert-OH is 3. The number of para-hydroxylation sites is 1. The highest BCUT2D eigenvalue weighted by molar-refractivity contribution is 5.95. The fraction of sp³-hybridized carbons (Fsp3) is 0.390. The first-order valence-corrected chi connectivity index (χ1v) is 27.5. The Hall–Kier alpha value is -8.31. The Kier molecular flexibility index (Phi) is 24.9. The summed E-state index contributed by atoms with van der Waals surface area (Å²) in [6, 6.07) is 26.1. The molecule has 1 aliphatic heterocycles. The second-order valence-electron chi connectivity index (χ2n) is 19.7. The number of carbonyl (C=O) groups excluding carboxylic acids is 4. The van der Waals surface area contributed by atoms with Crippen LogP contribution >= 0.6 is 0 Å². The van der Waals surface area contributed by atoms with Gasteiger partial charge in [0.15, 0.2) is 25.0 Å². The molecule has 0 aliphatic carbocycles. The Morgan fingerprint density at radius 1 is 0.628 bits per heavy atom. The Balaban J connectivity index is 0.822. The SMILES string of the molecule is O=C(CCOCCOCCOCCC(=O)Oc1c(F)c(F)c(F)c(F)c1F)NCCC(=O)Nc1cc(C[n+]2cccc(-c3cn(CCCCCCCC(=O)Nc4ccccc4-c4ccccc4)nn3)c2)ccc1O[C@@H]1O[C@H](C(=O)O)[C@@H](O)[C@H](O)[C@H]1O. The average molecular weight is 1210 g/mol. The first-order chi connectivity index (χ1) is 41.5. The van der Waals surface area contributed by atoms with E-state index >= 15 is 0 Å². The topological polar surface area (TPSA) is 292 Å². The van der Waals surface area contributed by atoms with E-state index in [1.165, 1.54) is 6.07 Å². The van der Waals surface area contributed by atoms with Gasteiger partial charge in [0, 0.05) is 55.2 Å². The van der Waals surface area contributed by atoms with E-state index < -0.39 is 95.7 Å². The molecule has 4 aromatic carbocycles. The fourth-order valence-corrected chi connectivity index (χ4v) is 8.76. The number of carbonyl (C=O) groups is 5. The van der Waals surface area contributed by atoms with Crippen molar-refractivity contribution in [2.45, 2.75) is 102 Å². The molecule has 1 saturated heterocycles. The van der Waals surface area contributed by atoms with Crippen molar-refractivity contribution in [3.8, 4) is 33.9 Å². The molecule has 460 valence electrons. The normalized spacial score (nSPS) is 16.5. The highest BCUT2D eigenvalue weighted by Crippen LogP contribution is 2.33. The van der Waals surface area contributed by atoms with Crippen molar-refractivity contribution >= 4 is 41.0 Å². The van der Waals surface area contributed by atoms with Gasteiger partial charge in [0.2, 0.25) is 58.8 Å². The zero-order valence-electron chi connectivity index (χ0n) is 46.4. The van der Waals surface area contributed by atoms with Crippen LogP contribution in [-0.2, 0) is 56.0 Å². The maximum atomic E-state index is 13.7. The number of nitrogens with one attached hydrogen (secondary N) is 3. The molecule has 7 rings (SSSR count). The minimum Gasteiger partial charge on any atom is -0.479 e. The molecule has 27 heteroatoms. The largest absolute Gasteiger partial charge is 0.479 e. The standard InChI is InChI=1S/C59H64F5N7O15/c60-48-49(61)51(63)56(52(64)50(48)62)85-47(75)22-27-82-29-31-83-30-28-81-26-21-44(72)65-23-20-46(74)67-41-32-36(18-19-43(41)84-59-55(78)53(76)54(77)57(86-59)58(79)80)33-70-24-11-14-38(34-70)42-35-71(69-68-42)25-10-3-1-2-7-17-45(73)66-40-16-9-8-15-39(40)37-12-5-4-6-13-37/h4-6,8-9,11-16,18-19,24,32,34-35,53-55,57,59,76-78H,1-3,7,10,17,20-23,25-31,33H2,(H3-,65,66,67,72,73,74,79,80)/p+1/t53-,54-,55+,57-,59+/m0/s1. The van der Waals surface area contributed by atoms with Crippen molar-refractivity contribution in [3.05, 3.63) is 138 Å². The number of pyridine rings is 1. The van der Waals surface area contributed by atoms with Crippen LogP contribution in [0, 0.1) is 29.1 Å². The predicted molar refractivity (Wildman–Crippen MR) is 294 cm³/mol. The molecular formula is C59H65F5N7O15+. The number of ether oxygens (including phenoxy) is 6. The number of amides is 3. The number of nitrogens with zero attached hydrogens (tertiary/aromatic N) is 4. The number of anilines is 2. The van der Waals surface area contributed by atoms with Crippen LogP contribution in [0.3, 0.4) is 0 Å². The summed E-state index contributed by atoms with van der Waals surface area (Å²) in [6.45, 7) is 0.591. The highest BCUT2D eigenvalue weighted by atomic mass is 19.2. The maximum absolute atomic E-state index is 13.7. The lowest BCUT2D eigenvalue weighted by Crippen LogP contribution is -2.61. The van der Waals surface area contributed by atoms with E-state index in [1.54, 1.807) is 16.8 Å². The predicted octanol–water partition coefficient (Wildman–Crippen LogP) is 5.77. The molecule has 7 N–H and O–H groups in total. The van der Waals surface area contributed by atoms with Crippen LogP contribution < -0.4 is 30.0 Å². The van der Waals surface area contributed by atoms with Gasteiger partial charge < -0.3 is 64.8 Å². The van der Waals surface area contributed by atoms with Gasteiger partial charge in [-0.15, -0.1) is 5.10 Å². The Bertz CT molecular complexity index is 3220. The number of rotatable bonds is 33. The summed E-state index contributed by atoms with van der Waals surface area (Å²) < 4.78 is 102. The monoisotopic (exact) mass is 1210 g/mol. The third kappa shape index (κ3) is 19.1. The molecule has 0 bridgehead atoms. The second kappa shape index (κ2) is 32.8. The van der Waals surface area contributed by atoms with E-state index in [9.17, 15) is 66.4 Å². The van der Waals surface area contributed by atoms with Gasteiger partial charge in [-0.25, -0.2) is 22.5 Å². The molecule has 1 fully saturated rings. The lowest BCUT2D eigenvalue weighted by atomic mass is 9.99. The summed E-state index contributed by atoms with van der Waals surface area (Å²) in [6.07, 6.45) is -0.0434. The van der Waals surface area contributed by atoms with E-state index in [4.69, 9.17) is 23.7 Å². The van der Waals surface area contributed by atoms with Gasteiger partial charge in [-0.3, -0.25) is 23.9 Å². The summed E-state index contributed by atoms with van der Waals surface area (Å²) in [7, 11) is 0. The second-order valence-corrected chi connectivity index (χ2v) is 19.7. The summed E-state index contributed by atoms with van der Waals surface area (Å²) >= 11 is 0. The fourth-order valence-electron chi connectivity index (χ4n) is 8.76. The van der Waals surface area contributed by atoms with Gasteiger partial charge in [-0.2, -0.15) is 8.78 Å². The van der Waals surface area contributed by atoms with Crippen LogP contribution in [0.1, 0.15) is 63.4 Å². The Morgan fingerprint density at radius 2 is 1.26 bits per heavy atom. The lowest BCUT2D eigenvalue weighted by molar-refractivity contribution is -0.687. The van der Waals surface area contributed by atoms with Crippen molar-refractivity contribution < 1.29 is 99.3 Å². The minimum absolute atomic E-state index is 0.0133. The minimum atomic E-state index is -2.40. The molecule has 3 heterocycles. The zero-order valence-corrected chi connectivity index (χ0v) is 46.4. The van der Waals surface area contributed by atoms with E-state index in [0.29, 0.717) is 24.2 Å². The molecule has 0 saturated carbocycles. The van der Waals surface area contributed by atoms with Gasteiger partial charge >= 0.3 is 11.9 Å². The van der Waals surface area contributed by atoms with E-state index in [1.807, 2.05) is 89.9 Å². The summed E-state index contributed by atoms with van der Waals surface area (Å²) in [4.78, 5) is 62.3. The van der Waals surface area contributed by atoms with Crippen LogP contribution in [0.2, 0.25) is 0 Å². The third-order valence-electron chi connectivity index (χ3n) is 13.2. The molecule has 6 aromatic rings. The molecular weight excluding hydrogens is 1140 g/mol. The van der Waals surface area contributed by atoms with Crippen molar-refractivity contribution in [1.29, 1.82) is 0 Å². The van der Waals surface area contributed by atoms with Crippen LogP contribution in [0.15, 0.2) is 104 Å². The van der Waals surface area contributed by atoms with E-state index in [-0.39, 0.29) is 82.9 Å². The average Bonchev–Trinajstić information content (AvgIpc) is 2.41. The Morgan fingerprint density at radius 3 is 1.99 bits per heavy atom. The number of benzene rings is 4. The summed E-state index contributed by atoms with van der Waals surface area (Å²) in [5.41, 5.74) is 4.90. The first-order valence-electron chi connectivity index (χ1n) is 27.5. The Labute approximate surface area is 489 Å². The van der Waals surface area contributed by atoms with Crippen LogP contribution in [0.25, 0.3) is 22.4 Å². The van der Waals surface area contributed by atoms with E-state index in [2.05, 4.69) is 31.0 Å². The third-order valence-corrected chi connectivity index (χ3v) is 13.2. The number of halogens is 5. The zero-order chi connectivity index (χ0) is 61.5. The van der Waals surface area contributed by atoms with Crippen molar-refractivity contribution in [2.24, 2.45) is 0 Å². The number of unbranched alkanes of at least 4 members (excludes halogenated alkanes) is 4. The van der Waals surface area contributed by atoms with E-state index in [0.717, 1.165) is 54.5 Å². The number of aliphatic carboxylic acids is 1. The smallest absolute Gasteiger partial charge is 0.335 e. The van der Waals surface area contributed by atoms with Gasteiger partial charge in [-0.1, -0.05) is 73.0 Å². The molecule has 5 atom stereocenters. The summed E-state index contributed by atoms with van der Waals surface area (Å²) in [5, 5.41) is 58.0. The van der Waals surface area contributed by atoms with Crippen molar-refractivity contribution in [2.75, 3.05) is 56.8 Å². The number of aryl methyl sites for hydroxylation is 1. The number of esters is 1. The van der Waals surface area contributed by atoms with Crippen molar-refractivity contribution in [1.82, 2.24) is 20.3 Å². The number of hydrogen-bond donors (Lipinski definition) is 7. The van der Waals surface area contributed by atoms with Crippen LogP contribution in [0.4, 0.5) is 33.3 Å². The van der Waals surface area contributed by atoms with Crippen molar-refractivity contribution in [3.63, 3.8) is 0 Å². The molecule has 1 aliphatic rings. The van der Waals surface area contributed by atoms with Gasteiger partial charge in [0.05, 0.1) is 63.5 Å². The number of hydrogen-bond acceptors (Lipinski definition) is 16. The molecule has 86 heavy (non-hydrogen) atoms. The molecule has 0 unspecified atom stereocenters. The number of aromatic nitrogens is 4. The van der Waals surface area contributed by atoms with Crippen LogP contribution in [-0.4, -0.2) is 142 Å². The van der Waals surface area contributed by atoms with Gasteiger partial charge in [-0.05, 0) is 48.7 Å². The molecule has 3 amide bonds. The quantitative estimate of drug-likeness (QED) is 0.00489. The molecule has 0 spiro atoms. The lowest BCUT2D eigenvalue weighted by Gasteiger charge is -2.38. The number of carboxylic acids is 1. The molecule has 0 radical (unpaired) electrons. The molecule has 2 aromatic heterocycles. The number of aliphatic hydroxyl groups is 3. The number of carboxylic acid groups (broad SMARTS) is 1.